The number of hydroxylamine groups is 1. The number of hydrogen-bond acceptors (Lipinski definition) is 6. The number of hydrogen-bond donors (Lipinski definition) is 0. The van der Waals surface area contributed by atoms with Gasteiger partial charge in [0.25, 0.3) is 5.91 Å². The van der Waals surface area contributed by atoms with Crippen LogP contribution in [0.25, 0.3) is 0 Å². The number of amides is 2. The Hall–Kier alpha value is -4.20. The molecule has 1 aliphatic carbocycles. The molecule has 2 aromatic carbocycles. The predicted molar refractivity (Wildman–Crippen MR) is 138 cm³/mol. The molecule has 0 radical (unpaired) electrons. The van der Waals surface area contributed by atoms with E-state index in [0.717, 1.165) is 62.4 Å². The van der Waals surface area contributed by atoms with Crippen molar-refractivity contribution in [2.24, 2.45) is 5.10 Å². The average molecular weight is 594 g/mol. The Balaban J connectivity index is 1.44. The van der Waals surface area contributed by atoms with E-state index in [1.807, 2.05) is 0 Å². The summed E-state index contributed by atoms with van der Waals surface area (Å²) in [6.07, 6.45) is 0.0807. The lowest BCUT2D eigenvalue weighted by Gasteiger charge is -2.40. The first-order chi connectivity index (χ1) is 19.9. The zero-order valence-electron chi connectivity index (χ0n) is 22.2. The third-order valence-electron chi connectivity index (χ3n) is 7.65. The number of benzene rings is 2. The molecule has 2 aliphatic heterocycles. The van der Waals surface area contributed by atoms with E-state index in [9.17, 15) is 41.1 Å². The first kappa shape index (κ1) is 29.3. The van der Waals surface area contributed by atoms with Crippen molar-refractivity contribution in [1.29, 1.82) is 0 Å². The zero-order valence-corrected chi connectivity index (χ0v) is 22.2. The maximum absolute atomic E-state index is 14.9. The number of ketones is 1. The second-order valence-electron chi connectivity index (χ2n) is 10.4. The number of halogens is 5. The molecular weight excluding hydrogens is 567 g/mol. The number of fused-ring (bicyclic) bond motifs is 1. The molecule has 0 N–H and O–H groups in total. The third kappa shape index (κ3) is 5.75. The molecule has 1 saturated carbocycles. The first-order valence-electron chi connectivity index (χ1n) is 13.3. The van der Waals surface area contributed by atoms with Gasteiger partial charge in [-0.05, 0) is 42.2 Å². The van der Waals surface area contributed by atoms with E-state index in [0.29, 0.717) is 12.3 Å². The summed E-state index contributed by atoms with van der Waals surface area (Å²) in [7, 11) is 0. The highest BCUT2D eigenvalue weighted by molar-refractivity contribution is 6.37. The van der Waals surface area contributed by atoms with Crippen LogP contribution in [-0.2, 0) is 21.0 Å². The minimum absolute atomic E-state index is 0.0244. The molecule has 1 atom stereocenters. The fourth-order valence-corrected chi connectivity index (χ4v) is 5.59. The van der Waals surface area contributed by atoms with Gasteiger partial charge in [0.2, 0.25) is 17.4 Å². The molecule has 2 amide bonds. The molecule has 2 heterocycles. The van der Waals surface area contributed by atoms with Gasteiger partial charge in [0.1, 0.15) is 24.4 Å². The minimum Gasteiger partial charge on any atom is -0.336 e. The number of carbonyl (C=O) groups is 4. The van der Waals surface area contributed by atoms with E-state index in [-0.39, 0.29) is 42.7 Å². The summed E-state index contributed by atoms with van der Waals surface area (Å²) in [5.74, 6) is -6.41. The highest BCUT2D eigenvalue weighted by atomic mass is 19.4. The lowest BCUT2D eigenvalue weighted by atomic mass is 9.93. The molecule has 0 bridgehead atoms. The topological polar surface area (TPSA) is 96.4 Å². The number of alkyl halides is 3. The van der Waals surface area contributed by atoms with Crippen LogP contribution < -0.4 is 4.76 Å². The van der Waals surface area contributed by atoms with E-state index >= 15 is 0 Å². The van der Waals surface area contributed by atoms with Gasteiger partial charge in [0.15, 0.2) is 6.54 Å². The van der Waals surface area contributed by atoms with Crippen LogP contribution in [0.2, 0.25) is 0 Å². The average Bonchev–Trinajstić information content (AvgIpc) is 2.95. The molecule has 1 saturated heterocycles. The van der Waals surface area contributed by atoms with Crippen molar-refractivity contribution in [2.75, 3.05) is 19.6 Å². The van der Waals surface area contributed by atoms with Gasteiger partial charge in [0, 0.05) is 35.5 Å². The van der Waals surface area contributed by atoms with Gasteiger partial charge in [-0.25, -0.2) is 18.4 Å². The highest BCUT2D eigenvalue weighted by Crippen LogP contribution is 2.37. The van der Waals surface area contributed by atoms with Crippen molar-refractivity contribution in [3.8, 4) is 0 Å². The Bertz CT molecular complexity index is 1470. The maximum atomic E-state index is 14.9. The summed E-state index contributed by atoms with van der Waals surface area (Å²) in [5.41, 5.74) is -1.26. The van der Waals surface area contributed by atoms with Crippen molar-refractivity contribution in [3.63, 3.8) is 0 Å². The van der Waals surface area contributed by atoms with Gasteiger partial charge in [-0.2, -0.15) is 13.2 Å². The Kier molecular flexibility index (Phi) is 7.84. The Morgan fingerprint density at radius 2 is 1.74 bits per heavy atom. The summed E-state index contributed by atoms with van der Waals surface area (Å²) in [4.78, 5) is 58.2. The van der Waals surface area contributed by atoms with Crippen LogP contribution in [0, 0.1) is 11.6 Å². The lowest BCUT2D eigenvalue weighted by Crippen LogP contribution is -2.55. The predicted octanol–water partition coefficient (Wildman–Crippen LogP) is 4.29. The highest BCUT2D eigenvalue weighted by Gasteiger charge is 2.52. The molecule has 5 rings (SSSR count). The normalized spacial score (nSPS) is 21.4. The van der Waals surface area contributed by atoms with Crippen LogP contribution in [-0.4, -0.2) is 71.4 Å². The van der Waals surface area contributed by atoms with Gasteiger partial charge >= 0.3 is 12.1 Å². The van der Waals surface area contributed by atoms with E-state index in [4.69, 9.17) is 4.84 Å². The van der Waals surface area contributed by atoms with Crippen molar-refractivity contribution < 1.29 is 46.0 Å². The molecule has 0 aromatic heterocycles. The third-order valence-corrected chi connectivity index (χ3v) is 7.65. The summed E-state index contributed by atoms with van der Waals surface area (Å²) >= 11 is 0. The van der Waals surface area contributed by atoms with Gasteiger partial charge in [-0.15, -0.1) is 0 Å². The number of Topliss-reactive ketones (excluding diaryl/α,β-unsaturated/α-hetero) is 1. The van der Waals surface area contributed by atoms with Gasteiger partial charge in [-0.3, -0.25) is 14.4 Å². The van der Waals surface area contributed by atoms with Crippen molar-refractivity contribution in [3.05, 3.63) is 64.7 Å². The van der Waals surface area contributed by atoms with Crippen LogP contribution in [0.5, 0.6) is 0 Å². The summed E-state index contributed by atoms with van der Waals surface area (Å²) in [6, 6.07) is 5.80. The van der Waals surface area contributed by atoms with Crippen LogP contribution in [0.15, 0.2) is 41.5 Å². The van der Waals surface area contributed by atoms with E-state index < -0.39 is 58.0 Å². The molecule has 9 nitrogen and oxygen atoms in total. The fraction of sp³-hybridized carbons (Fsp3) is 0.393. The van der Waals surface area contributed by atoms with Crippen LogP contribution in [0.1, 0.15) is 58.4 Å². The molecular formula is C28H26F5N4O5+. The van der Waals surface area contributed by atoms with E-state index in [1.165, 1.54) is 4.90 Å². The van der Waals surface area contributed by atoms with Gasteiger partial charge < -0.3 is 9.80 Å². The first-order valence-corrected chi connectivity index (χ1v) is 13.3. The maximum Gasteiger partial charge on any atom is 0.497 e. The van der Waals surface area contributed by atoms with E-state index in [1.54, 1.807) is 4.90 Å². The Morgan fingerprint density at radius 3 is 2.43 bits per heavy atom. The molecule has 42 heavy (non-hydrogen) atoms. The summed E-state index contributed by atoms with van der Waals surface area (Å²) < 4.78 is 67.2. The lowest BCUT2D eigenvalue weighted by molar-refractivity contribution is -0.237. The summed E-state index contributed by atoms with van der Waals surface area (Å²) in [5, 5.41) is 3.74. The smallest absolute Gasteiger partial charge is 0.336 e. The SMILES string of the molecule is O=C1C=N[N+](Cc2ccc(F)c(C(=O)N3CCN(C4CCCCC4)C(=O)C3)c2)(OC(=O)C(F)(F)F)c2cc(F)ccc21. The molecule has 2 fully saturated rings. The fourth-order valence-electron chi connectivity index (χ4n) is 5.59. The zero-order chi connectivity index (χ0) is 30.2. The molecule has 222 valence electrons. The second-order valence-corrected chi connectivity index (χ2v) is 10.4. The number of piperazine rings is 1. The monoisotopic (exact) mass is 593 g/mol. The summed E-state index contributed by atoms with van der Waals surface area (Å²) in [6.45, 7) is -0.569. The van der Waals surface area contributed by atoms with Crippen molar-refractivity contribution in [1.82, 2.24) is 14.6 Å². The van der Waals surface area contributed by atoms with Gasteiger partial charge in [-0.1, -0.05) is 25.3 Å². The molecule has 14 heteroatoms. The van der Waals surface area contributed by atoms with Crippen molar-refractivity contribution in [2.45, 2.75) is 50.9 Å². The number of quaternary nitrogens is 1. The molecule has 3 aliphatic rings. The second kappa shape index (κ2) is 11.2. The number of rotatable bonds is 5. The molecule has 0 spiro atoms. The number of carbonyl (C=O) groups excluding carboxylic acids is 4. The van der Waals surface area contributed by atoms with Gasteiger partial charge in [0.05, 0.1) is 11.1 Å². The molecule has 1 unspecified atom stereocenters. The van der Waals surface area contributed by atoms with Crippen LogP contribution in [0.4, 0.5) is 27.6 Å². The number of nitrogens with zero attached hydrogens (tertiary/aromatic N) is 4. The standard InChI is InChI=1S/C28H26F5N4O5/c29-18-7-8-20-23(13-18)37(34-14-24(20)38,42-27(41)28(31,32)33)16-17-6-9-22(30)21(12-17)26(40)35-10-11-36(25(39)15-35)19-4-2-1-3-5-19/h6-9,12-14,19H,1-5,10-11,15-16H2/q+1. The van der Waals surface area contributed by atoms with Crippen molar-refractivity contribution >= 4 is 35.5 Å². The van der Waals surface area contributed by atoms with E-state index in [2.05, 4.69) is 5.10 Å². The Morgan fingerprint density at radius 1 is 1.00 bits per heavy atom. The minimum atomic E-state index is -5.47. The largest absolute Gasteiger partial charge is 0.497 e. The van der Waals surface area contributed by atoms with Crippen LogP contribution in [0.3, 0.4) is 0 Å². The quantitative estimate of drug-likeness (QED) is 0.381. The Labute approximate surface area is 236 Å². The van der Waals surface area contributed by atoms with Crippen LogP contribution >= 0.6 is 0 Å². The molecule has 2 aromatic rings.